The number of hydrogen-bond donors (Lipinski definition) is 1. The molecule has 3 aromatic carbocycles. The number of methoxy groups -OCH3 is 1. The fraction of sp³-hybridized carbons (Fsp3) is 0.269. The minimum atomic E-state index is -0.247. The fourth-order valence-electron chi connectivity index (χ4n) is 4.29. The van der Waals surface area contributed by atoms with Gasteiger partial charge in [0, 0.05) is 5.56 Å². The molecule has 154 valence electrons. The second kappa shape index (κ2) is 9.59. The second-order valence-electron chi connectivity index (χ2n) is 7.82. The van der Waals surface area contributed by atoms with E-state index in [9.17, 15) is 4.79 Å². The Labute approximate surface area is 178 Å². The molecule has 0 unspecified atom stereocenters. The molecule has 1 aliphatic rings. The van der Waals surface area contributed by atoms with Crippen LogP contribution in [-0.4, -0.2) is 44.1 Å². The van der Waals surface area contributed by atoms with Crippen LogP contribution in [0.2, 0.25) is 0 Å². The Bertz CT molecular complexity index is 912. The third kappa shape index (κ3) is 4.55. The number of piperazine rings is 1. The molecule has 0 spiro atoms. The van der Waals surface area contributed by atoms with Crippen LogP contribution in [0.15, 0.2) is 84.9 Å². The molecule has 1 aliphatic heterocycles. The molecule has 4 heteroatoms. The molecular formula is C26H29N2O2+. The van der Waals surface area contributed by atoms with Crippen molar-refractivity contribution >= 4 is 5.91 Å². The molecule has 1 N–H and O–H groups in total. The first-order valence-electron chi connectivity index (χ1n) is 10.6. The highest BCUT2D eigenvalue weighted by molar-refractivity contribution is 5.87. The van der Waals surface area contributed by atoms with E-state index < -0.39 is 0 Å². The molecule has 0 saturated carbocycles. The van der Waals surface area contributed by atoms with Gasteiger partial charge in [-0.2, -0.15) is 0 Å². The SMILES string of the molecule is COc1ccccc1C[NH+]1CCN(C(=O)C(c2ccccc2)c2ccccc2)CC1. The summed E-state index contributed by atoms with van der Waals surface area (Å²) in [5, 5.41) is 0. The van der Waals surface area contributed by atoms with Gasteiger partial charge in [0.25, 0.3) is 0 Å². The molecule has 30 heavy (non-hydrogen) atoms. The third-order valence-electron chi connectivity index (χ3n) is 5.93. The van der Waals surface area contributed by atoms with Crippen LogP contribution in [0.4, 0.5) is 0 Å². The Hall–Kier alpha value is -3.11. The first-order valence-corrected chi connectivity index (χ1v) is 10.6. The number of hydrogen-bond acceptors (Lipinski definition) is 2. The summed E-state index contributed by atoms with van der Waals surface area (Å²) in [4.78, 5) is 17.1. The lowest BCUT2D eigenvalue weighted by molar-refractivity contribution is -0.917. The maximum Gasteiger partial charge on any atom is 0.234 e. The molecule has 1 amide bonds. The summed E-state index contributed by atoms with van der Waals surface area (Å²) in [6, 6.07) is 28.4. The standard InChI is InChI=1S/C26H28N2O2/c1-30-24-15-9-8-14-23(24)20-27-16-18-28(19-17-27)26(29)25(21-10-4-2-5-11-21)22-12-6-3-7-13-22/h2-15,25H,16-20H2,1H3/p+1. The van der Waals surface area contributed by atoms with Gasteiger partial charge in [0.15, 0.2) is 0 Å². The van der Waals surface area contributed by atoms with Crippen molar-refractivity contribution < 1.29 is 14.4 Å². The Kier molecular flexibility index (Phi) is 6.45. The van der Waals surface area contributed by atoms with Crippen LogP contribution < -0.4 is 9.64 Å². The smallest absolute Gasteiger partial charge is 0.234 e. The van der Waals surface area contributed by atoms with Crippen molar-refractivity contribution in [2.45, 2.75) is 12.5 Å². The van der Waals surface area contributed by atoms with Gasteiger partial charge in [-0.25, -0.2) is 0 Å². The highest BCUT2D eigenvalue weighted by Gasteiger charge is 2.31. The summed E-state index contributed by atoms with van der Waals surface area (Å²) in [6.45, 7) is 4.37. The Balaban J connectivity index is 1.46. The van der Waals surface area contributed by atoms with Gasteiger partial charge < -0.3 is 14.5 Å². The van der Waals surface area contributed by atoms with E-state index in [1.165, 1.54) is 10.5 Å². The highest BCUT2D eigenvalue weighted by atomic mass is 16.5. The average Bonchev–Trinajstić information content (AvgIpc) is 2.81. The molecule has 0 radical (unpaired) electrons. The van der Waals surface area contributed by atoms with Crippen molar-refractivity contribution in [1.29, 1.82) is 0 Å². The van der Waals surface area contributed by atoms with E-state index in [-0.39, 0.29) is 11.8 Å². The number of carbonyl (C=O) groups excluding carboxylic acids is 1. The number of amides is 1. The van der Waals surface area contributed by atoms with Crippen molar-refractivity contribution in [1.82, 2.24) is 4.90 Å². The molecule has 4 rings (SSSR count). The summed E-state index contributed by atoms with van der Waals surface area (Å²) < 4.78 is 5.50. The zero-order valence-corrected chi connectivity index (χ0v) is 17.5. The minimum absolute atomic E-state index is 0.198. The van der Waals surface area contributed by atoms with E-state index in [2.05, 4.69) is 36.4 Å². The maximum absolute atomic E-state index is 13.6. The number of carbonyl (C=O) groups is 1. The molecule has 0 atom stereocenters. The molecule has 0 aromatic heterocycles. The number of nitrogens with one attached hydrogen (secondary N) is 1. The second-order valence-corrected chi connectivity index (χ2v) is 7.82. The van der Waals surface area contributed by atoms with Gasteiger partial charge >= 0.3 is 0 Å². The Morgan fingerprint density at radius 1 is 0.867 bits per heavy atom. The highest BCUT2D eigenvalue weighted by Crippen LogP contribution is 2.27. The van der Waals surface area contributed by atoms with Gasteiger partial charge in [-0.1, -0.05) is 72.8 Å². The molecule has 1 heterocycles. The molecule has 1 saturated heterocycles. The zero-order chi connectivity index (χ0) is 20.8. The third-order valence-corrected chi connectivity index (χ3v) is 5.93. The molecular weight excluding hydrogens is 372 g/mol. The molecule has 3 aromatic rings. The summed E-state index contributed by atoms with van der Waals surface area (Å²) in [7, 11) is 1.72. The molecule has 4 nitrogen and oxygen atoms in total. The lowest BCUT2D eigenvalue weighted by atomic mass is 9.90. The van der Waals surface area contributed by atoms with Crippen molar-refractivity contribution in [2.24, 2.45) is 0 Å². The van der Waals surface area contributed by atoms with Gasteiger partial charge in [0.2, 0.25) is 5.91 Å². The van der Waals surface area contributed by atoms with Gasteiger partial charge in [-0.05, 0) is 23.3 Å². The normalized spacial score (nSPS) is 14.7. The van der Waals surface area contributed by atoms with Crippen LogP contribution >= 0.6 is 0 Å². The van der Waals surface area contributed by atoms with Crippen molar-refractivity contribution in [3.63, 3.8) is 0 Å². The first kappa shape index (κ1) is 20.2. The minimum Gasteiger partial charge on any atom is -0.496 e. The quantitative estimate of drug-likeness (QED) is 0.689. The van der Waals surface area contributed by atoms with Crippen LogP contribution in [-0.2, 0) is 11.3 Å². The predicted molar refractivity (Wildman–Crippen MR) is 119 cm³/mol. The van der Waals surface area contributed by atoms with Gasteiger partial charge in [-0.15, -0.1) is 0 Å². The van der Waals surface area contributed by atoms with Crippen LogP contribution in [0, 0.1) is 0 Å². The lowest BCUT2D eigenvalue weighted by Crippen LogP contribution is -3.13. The van der Waals surface area contributed by atoms with E-state index >= 15 is 0 Å². The van der Waals surface area contributed by atoms with E-state index in [0.29, 0.717) is 0 Å². The van der Waals surface area contributed by atoms with E-state index in [1.807, 2.05) is 53.4 Å². The van der Waals surface area contributed by atoms with Crippen LogP contribution in [0.3, 0.4) is 0 Å². The van der Waals surface area contributed by atoms with E-state index in [1.54, 1.807) is 7.11 Å². The van der Waals surface area contributed by atoms with E-state index in [0.717, 1.165) is 49.6 Å². The topological polar surface area (TPSA) is 34.0 Å². The maximum atomic E-state index is 13.6. The summed E-state index contributed by atoms with van der Waals surface area (Å²) in [6.07, 6.45) is 0. The summed E-state index contributed by atoms with van der Waals surface area (Å²) in [5.41, 5.74) is 3.33. The van der Waals surface area contributed by atoms with Gasteiger partial charge in [-0.3, -0.25) is 4.79 Å². The number of nitrogens with zero attached hydrogens (tertiary/aromatic N) is 1. The Morgan fingerprint density at radius 3 is 1.97 bits per heavy atom. The van der Waals surface area contributed by atoms with E-state index in [4.69, 9.17) is 4.74 Å². The van der Waals surface area contributed by atoms with Crippen LogP contribution in [0.25, 0.3) is 0 Å². The lowest BCUT2D eigenvalue weighted by Gasteiger charge is -2.34. The van der Waals surface area contributed by atoms with Gasteiger partial charge in [0.05, 0.1) is 39.2 Å². The number of benzene rings is 3. The number of rotatable bonds is 6. The van der Waals surface area contributed by atoms with Crippen molar-refractivity contribution in [3.8, 4) is 5.75 Å². The monoisotopic (exact) mass is 401 g/mol. The van der Waals surface area contributed by atoms with Crippen molar-refractivity contribution in [2.75, 3.05) is 33.3 Å². The Morgan fingerprint density at radius 2 is 1.40 bits per heavy atom. The van der Waals surface area contributed by atoms with Crippen LogP contribution in [0.1, 0.15) is 22.6 Å². The number of ether oxygens (including phenoxy) is 1. The van der Waals surface area contributed by atoms with Gasteiger partial charge in [0.1, 0.15) is 12.3 Å². The summed E-state index contributed by atoms with van der Waals surface area (Å²) in [5.74, 6) is 0.892. The molecule has 0 bridgehead atoms. The molecule has 1 fully saturated rings. The average molecular weight is 402 g/mol. The molecule has 0 aliphatic carbocycles. The zero-order valence-electron chi connectivity index (χ0n) is 17.5. The predicted octanol–water partition coefficient (Wildman–Crippen LogP) is 2.75. The number of quaternary nitrogens is 1. The fourth-order valence-corrected chi connectivity index (χ4v) is 4.29. The number of para-hydroxylation sites is 1. The van der Waals surface area contributed by atoms with Crippen molar-refractivity contribution in [3.05, 3.63) is 102 Å². The summed E-state index contributed by atoms with van der Waals surface area (Å²) >= 11 is 0. The first-order chi connectivity index (χ1) is 14.8. The van der Waals surface area contributed by atoms with Crippen LogP contribution in [0.5, 0.6) is 5.75 Å². The largest absolute Gasteiger partial charge is 0.496 e.